The van der Waals surface area contributed by atoms with Crippen molar-refractivity contribution in [1.82, 2.24) is 5.32 Å². The van der Waals surface area contributed by atoms with Crippen LogP contribution in [0.2, 0.25) is 0 Å². The number of hydrogen-bond donors (Lipinski definition) is 1. The quantitative estimate of drug-likeness (QED) is 0.520. The average molecular weight is 430 g/mol. The van der Waals surface area contributed by atoms with E-state index in [2.05, 4.69) is 5.32 Å². The molecule has 4 saturated carbocycles. The van der Waals surface area contributed by atoms with Crippen LogP contribution in [0.15, 0.2) is 29.2 Å². The second kappa shape index (κ2) is 8.54. The van der Waals surface area contributed by atoms with E-state index in [0.717, 1.165) is 67.1 Å². The van der Waals surface area contributed by atoms with E-state index in [1.54, 1.807) is 17.8 Å². The number of carbonyl (C=O) groups excluding carboxylic acids is 2. The summed E-state index contributed by atoms with van der Waals surface area (Å²) >= 11 is 1.62. The van der Waals surface area contributed by atoms with Crippen molar-refractivity contribution in [2.75, 3.05) is 19.0 Å². The number of hydrogen-bond acceptors (Lipinski definition) is 5. The zero-order valence-electron chi connectivity index (χ0n) is 17.4. The summed E-state index contributed by atoms with van der Waals surface area (Å²) in [6.45, 7) is 0.624. The lowest BCUT2D eigenvalue weighted by Crippen LogP contribution is -2.60. The predicted molar refractivity (Wildman–Crippen MR) is 115 cm³/mol. The molecule has 6 heteroatoms. The zero-order chi connectivity index (χ0) is 20.6. The predicted octanol–water partition coefficient (Wildman–Crippen LogP) is 4.20. The van der Waals surface area contributed by atoms with Crippen LogP contribution >= 0.6 is 11.8 Å². The molecule has 162 valence electrons. The first kappa shape index (κ1) is 20.4. The highest BCUT2D eigenvalue weighted by Crippen LogP contribution is 2.55. The lowest BCUT2D eigenvalue weighted by Gasteiger charge is -2.56. The van der Waals surface area contributed by atoms with Crippen LogP contribution in [-0.4, -0.2) is 42.5 Å². The van der Waals surface area contributed by atoms with Crippen molar-refractivity contribution in [3.63, 3.8) is 0 Å². The molecule has 4 bridgehead atoms. The zero-order valence-corrected chi connectivity index (χ0v) is 18.3. The molecular formula is C24H31NO4S. The molecule has 0 aromatic heterocycles. The third-order valence-electron chi connectivity index (χ3n) is 7.33. The summed E-state index contributed by atoms with van der Waals surface area (Å²) in [7, 11) is 0. The van der Waals surface area contributed by atoms with E-state index in [1.807, 2.05) is 18.2 Å². The maximum absolute atomic E-state index is 12.7. The molecule has 1 saturated heterocycles. The minimum absolute atomic E-state index is 0.0483. The van der Waals surface area contributed by atoms with Crippen LogP contribution in [0.4, 0.5) is 0 Å². The Morgan fingerprint density at radius 3 is 2.47 bits per heavy atom. The van der Waals surface area contributed by atoms with Gasteiger partial charge in [-0.1, -0.05) is 12.1 Å². The molecule has 0 spiro atoms. The van der Waals surface area contributed by atoms with Crippen LogP contribution in [0, 0.1) is 17.8 Å². The highest BCUT2D eigenvalue weighted by atomic mass is 32.2. The molecule has 1 aromatic rings. The third-order valence-corrected chi connectivity index (χ3v) is 8.54. The Balaban J connectivity index is 1.15. The first-order valence-electron chi connectivity index (χ1n) is 11.4. The molecule has 0 unspecified atom stereocenters. The number of rotatable bonds is 7. The van der Waals surface area contributed by atoms with Gasteiger partial charge in [-0.25, -0.2) is 4.79 Å². The standard InChI is InChI=1S/C24H31NO4S/c26-22(25-24-11-16-8-17(12-24)10-18(9-16)13-24)14-29-23(27)20-5-1-2-6-21(20)30-15-19-4-3-7-28-19/h1-2,5-6,16-19H,3-4,7-15H2,(H,25,26)/t16?,17?,18?,19-,24?/m0/s1. The van der Waals surface area contributed by atoms with E-state index in [0.29, 0.717) is 5.56 Å². The highest BCUT2D eigenvalue weighted by molar-refractivity contribution is 7.99. The van der Waals surface area contributed by atoms with Gasteiger partial charge in [0.1, 0.15) is 0 Å². The highest BCUT2D eigenvalue weighted by Gasteiger charge is 2.51. The number of ether oxygens (including phenoxy) is 2. The Hall–Kier alpha value is -1.53. The Kier molecular flexibility index (Phi) is 5.80. The second-order valence-corrected chi connectivity index (χ2v) is 10.8. The fraction of sp³-hybridized carbons (Fsp3) is 0.667. The summed E-state index contributed by atoms with van der Waals surface area (Å²) in [6, 6.07) is 7.47. The summed E-state index contributed by atoms with van der Waals surface area (Å²) in [4.78, 5) is 26.2. The van der Waals surface area contributed by atoms with Gasteiger partial charge in [0.2, 0.25) is 0 Å². The summed E-state index contributed by atoms with van der Waals surface area (Å²) < 4.78 is 11.1. The number of amides is 1. The van der Waals surface area contributed by atoms with Gasteiger partial charge in [-0.05, 0) is 81.3 Å². The first-order chi connectivity index (χ1) is 14.6. The summed E-state index contributed by atoms with van der Waals surface area (Å²) in [5, 5.41) is 3.27. The SMILES string of the molecule is O=C(COC(=O)c1ccccc1SC[C@@H]1CCCO1)NC12CC3CC(CC(C3)C1)C2. The minimum Gasteiger partial charge on any atom is -0.452 e. The molecule has 5 aliphatic rings. The number of esters is 1. The van der Waals surface area contributed by atoms with Gasteiger partial charge in [0.25, 0.3) is 5.91 Å². The van der Waals surface area contributed by atoms with E-state index < -0.39 is 5.97 Å². The van der Waals surface area contributed by atoms with Gasteiger partial charge in [0.15, 0.2) is 6.61 Å². The van der Waals surface area contributed by atoms with E-state index in [-0.39, 0.29) is 24.2 Å². The van der Waals surface area contributed by atoms with Gasteiger partial charge in [0, 0.05) is 22.8 Å². The van der Waals surface area contributed by atoms with E-state index in [1.165, 1.54) is 19.3 Å². The fourth-order valence-corrected chi connectivity index (χ4v) is 7.63. The maximum atomic E-state index is 12.7. The van der Waals surface area contributed by atoms with Gasteiger partial charge < -0.3 is 14.8 Å². The topological polar surface area (TPSA) is 64.6 Å². The smallest absolute Gasteiger partial charge is 0.339 e. The van der Waals surface area contributed by atoms with E-state index >= 15 is 0 Å². The second-order valence-electron chi connectivity index (χ2n) is 9.76. The minimum atomic E-state index is -0.425. The molecule has 0 radical (unpaired) electrons. The lowest BCUT2D eigenvalue weighted by atomic mass is 9.53. The van der Waals surface area contributed by atoms with Crippen molar-refractivity contribution < 1.29 is 19.1 Å². The molecule has 30 heavy (non-hydrogen) atoms. The number of thioether (sulfide) groups is 1. The van der Waals surface area contributed by atoms with E-state index in [4.69, 9.17) is 9.47 Å². The molecule has 5 fully saturated rings. The summed E-state index contributed by atoms with van der Waals surface area (Å²) in [6.07, 6.45) is 9.74. The third kappa shape index (κ3) is 4.40. The Morgan fingerprint density at radius 2 is 1.80 bits per heavy atom. The molecule has 1 aromatic carbocycles. The van der Waals surface area contributed by atoms with Crippen LogP contribution < -0.4 is 5.32 Å². The summed E-state index contributed by atoms with van der Waals surface area (Å²) in [5.41, 5.74) is 0.482. The van der Waals surface area contributed by atoms with Gasteiger partial charge >= 0.3 is 5.97 Å². The molecule has 5 nitrogen and oxygen atoms in total. The lowest BCUT2D eigenvalue weighted by molar-refractivity contribution is -0.130. The van der Waals surface area contributed by atoms with Crippen molar-refractivity contribution in [3.8, 4) is 0 Å². The normalized spacial score (nSPS) is 34.1. The van der Waals surface area contributed by atoms with Crippen LogP contribution in [0.25, 0.3) is 0 Å². The number of carbonyl (C=O) groups is 2. The van der Waals surface area contributed by atoms with E-state index in [9.17, 15) is 9.59 Å². The van der Waals surface area contributed by atoms with Crippen molar-refractivity contribution >= 4 is 23.6 Å². The van der Waals surface area contributed by atoms with Crippen LogP contribution in [0.3, 0.4) is 0 Å². The van der Waals surface area contributed by atoms with Crippen molar-refractivity contribution in [3.05, 3.63) is 29.8 Å². The largest absolute Gasteiger partial charge is 0.452 e. The fourth-order valence-electron chi connectivity index (χ4n) is 6.52. The molecule has 1 heterocycles. The van der Waals surface area contributed by atoms with Crippen LogP contribution in [0.5, 0.6) is 0 Å². The van der Waals surface area contributed by atoms with Gasteiger partial charge in [-0.2, -0.15) is 0 Å². The molecule has 1 atom stereocenters. The number of benzene rings is 1. The molecule has 6 rings (SSSR count). The average Bonchev–Trinajstić information content (AvgIpc) is 3.23. The molecular weight excluding hydrogens is 398 g/mol. The first-order valence-corrected chi connectivity index (χ1v) is 12.4. The monoisotopic (exact) mass is 429 g/mol. The Morgan fingerprint density at radius 1 is 1.10 bits per heavy atom. The van der Waals surface area contributed by atoms with Crippen molar-refractivity contribution in [2.24, 2.45) is 17.8 Å². The molecule has 4 aliphatic carbocycles. The Labute approximate surface area is 182 Å². The molecule has 1 N–H and O–H groups in total. The molecule has 1 amide bonds. The number of nitrogens with one attached hydrogen (secondary N) is 1. The van der Waals surface area contributed by atoms with Gasteiger partial charge in [-0.3, -0.25) is 4.79 Å². The van der Waals surface area contributed by atoms with Gasteiger partial charge in [-0.15, -0.1) is 11.8 Å². The van der Waals surface area contributed by atoms with Crippen molar-refractivity contribution in [2.45, 2.75) is 67.9 Å². The summed E-state index contributed by atoms with van der Waals surface area (Å²) in [5.74, 6) is 2.56. The molecule has 1 aliphatic heterocycles. The maximum Gasteiger partial charge on any atom is 0.339 e. The van der Waals surface area contributed by atoms with Gasteiger partial charge in [0.05, 0.1) is 11.7 Å². The van der Waals surface area contributed by atoms with Crippen LogP contribution in [-0.2, 0) is 14.3 Å². The van der Waals surface area contributed by atoms with Crippen LogP contribution in [0.1, 0.15) is 61.7 Å². The van der Waals surface area contributed by atoms with Crippen molar-refractivity contribution in [1.29, 1.82) is 0 Å². The Bertz CT molecular complexity index is 769.